The van der Waals surface area contributed by atoms with Gasteiger partial charge in [0.05, 0.1) is 6.61 Å². The van der Waals surface area contributed by atoms with Crippen molar-refractivity contribution in [2.75, 3.05) is 13.2 Å². The molecule has 0 radical (unpaired) electrons. The average Bonchev–Trinajstić information content (AvgIpc) is 2.40. The number of ether oxygens (including phenoxy) is 1. The van der Waals surface area contributed by atoms with Gasteiger partial charge in [0.1, 0.15) is 6.61 Å². The molecule has 0 amide bonds. The second-order valence-electron chi connectivity index (χ2n) is 5.31. The first-order valence-corrected chi connectivity index (χ1v) is 6.93. The Morgan fingerprint density at radius 3 is 2.50 bits per heavy atom. The van der Waals surface area contributed by atoms with E-state index < -0.39 is 0 Å². The molecule has 18 heavy (non-hydrogen) atoms. The molecule has 0 saturated heterocycles. The highest BCUT2D eigenvalue weighted by Gasteiger charge is 2.14. The lowest BCUT2D eigenvalue weighted by Crippen LogP contribution is -2.17. The summed E-state index contributed by atoms with van der Waals surface area (Å²) in [6.45, 7) is 2.99. The zero-order valence-corrected chi connectivity index (χ0v) is 11.2. The van der Waals surface area contributed by atoms with Gasteiger partial charge in [-0.1, -0.05) is 49.1 Å². The summed E-state index contributed by atoms with van der Waals surface area (Å²) in [7, 11) is 0. The van der Waals surface area contributed by atoms with E-state index in [1.807, 2.05) is 31.2 Å². The van der Waals surface area contributed by atoms with Gasteiger partial charge in [-0.15, -0.1) is 0 Å². The van der Waals surface area contributed by atoms with Gasteiger partial charge < -0.3 is 4.74 Å². The maximum atomic E-state index is 11.9. The maximum Gasteiger partial charge on any atom is 0.188 e. The van der Waals surface area contributed by atoms with Gasteiger partial charge in [0.2, 0.25) is 0 Å². The van der Waals surface area contributed by atoms with Crippen molar-refractivity contribution in [2.24, 2.45) is 5.92 Å². The molecule has 0 aromatic heterocycles. The Kier molecular flexibility index (Phi) is 4.94. The van der Waals surface area contributed by atoms with E-state index in [9.17, 15) is 4.79 Å². The molecule has 0 heterocycles. The van der Waals surface area contributed by atoms with Gasteiger partial charge in [-0.25, -0.2) is 0 Å². The summed E-state index contributed by atoms with van der Waals surface area (Å²) < 4.78 is 5.57. The number of hydrogen-bond acceptors (Lipinski definition) is 2. The largest absolute Gasteiger partial charge is 0.373 e. The predicted octanol–water partition coefficient (Wildman–Crippen LogP) is 3.77. The lowest BCUT2D eigenvalue weighted by molar-refractivity contribution is 0.0628. The second kappa shape index (κ2) is 6.69. The Morgan fingerprint density at radius 1 is 1.17 bits per heavy atom. The summed E-state index contributed by atoms with van der Waals surface area (Å²) in [4.78, 5) is 11.9. The van der Waals surface area contributed by atoms with Crippen LogP contribution in [-0.2, 0) is 4.74 Å². The molecular weight excluding hydrogens is 224 g/mol. The Bertz CT molecular complexity index is 375. The van der Waals surface area contributed by atoms with Crippen LogP contribution in [0.15, 0.2) is 24.3 Å². The number of ketones is 1. The summed E-state index contributed by atoms with van der Waals surface area (Å²) in [5, 5.41) is 0. The topological polar surface area (TPSA) is 26.3 Å². The first-order valence-electron chi connectivity index (χ1n) is 6.93. The minimum absolute atomic E-state index is 0.0887. The van der Waals surface area contributed by atoms with E-state index in [1.54, 1.807) is 0 Å². The fraction of sp³-hybridized carbons (Fsp3) is 0.562. The minimum atomic E-state index is 0.0887. The van der Waals surface area contributed by atoms with Crippen molar-refractivity contribution in [1.29, 1.82) is 0 Å². The SMILES string of the molecule is Cc1ccc(C(=O)COCC2CCCCC2)cc1. The molecule has 1 fully saturated rings. The third-order valence-corrected chi connectivity index (χ3v) is 3.68. The van der Waals surface area contributed by atoms with Crippen LogP contribution in [0.5, 0.6) is 0 Å². The molecule has 2 nitrogen and oxygen atoms in total. The van der Waals surface area contributed by atoms with Crippen LogP contribution in [0, 0.1) is 12.8 Å². The summed E-state index contributed by atoms with van der Waals surface area (Å²) in [6, 6.07) is 7.69. The molecule has 1 aromatic rings. The van der Waals surface area contributed by atoms with Crippen molar-refractivity contribution < 1.29 is 9.53 Å². The van der Waals surface area contributed by atoms with Crippen molar-refractivity contribution in [2.45, 2.75) is 39.0 Å². The third-order valence-electron chi connectivity index (χ3n) is 3.68. The molecule has 0 spiro atoms. The molecule has 2 heteroatoms. The molecule has 98 valence electrons. The summed E-state index contributed by atoms with van der Waals surface area (Å²) in [5.74, 6) is 0.760. The number of carbonyl (C=O) groups is 1. The maximum absolute atomic E-state index is 11.9. The lowest BCUT2D eigenvalue weighted by atomic mass is 9.90. The van der Waals surface area contributed by atoms with Gasteiger partial charge in [0.25, 0.3) is 0 Å². The van der Waals surface area contributed by atoms with Crippen molar-refractivity contribution in [3.8, 4) is 0 Å². The first-order chi connectivity index (χ1) is 8.75. The predicted molar refractivity (Wildman–Crippen MR) is 72.9 cm³/mol. The Labute approximate surface area is 109 Å². The van der Waals surface area contributed by atoms with Crippen LogP contribution in [0.25, 0.3) is 0 Å². The van der Waals surface area contributed by atoms with E-state index >= 15 is 0 Å². The van der Waals surface area contributed by atoms with Gasteiger partial charge in [-0.2, -0.15) is 0 Å². The quantitative estimate of drug-likeness (QED) is 0.739. The summed E-state index contributed by atoms with van der Waals surface area (Å²) >= 11 is 0. The van der Waals surface area contributed by atoms with Crippen LogP contribution < -0.4 is 0 Å². The van der Waals surface area contributed by atoms with E-state index in [-0.39, 0.29) is 12.4 Å². The normalized spacial score (nSPS) is 16.7. The minimum Gasteiger partial charge on any atom is -0.373 e. The van der Waals surface area contributed by atoms with E-state index in [4.69, 9.17) is 4.74 Å². The number of carbonyl (C=O) groups excluding carboxylic acids is 1. The van der Waals surface area contributed by atoms with Crippen molar-refractivity contribution in [3.05, 3.63) is 35.4 Å². The first kappa shape index (κ1) is 13.3. The molecule has 0 bridgehead atoms. The molecule has 0 aliphatic heterocycles. The highest BCUT2D eigenvalue weighted by Crippen LogP contribution is 2.23. The summed E-state index contributed by atoms with van der Waals surface area (Å²) in [5.41, 5.74) is 1.93. The molecule has 2 rings (SSSR count). The molecule has 1 aromatic carbocycles. The highest BCUT2D eigenvalue weighted by molar-refractivity contribution is 5.97. The standard InChI is InChI=1S/C16H22O2/c1-13-7-9-15(10-8-13)16(17)12-18-11-14-5-3-2-4-6-14/h7-10,14H,2-6,11-12H2,1H3. The van der Waals surface area contributed by atoms with E-state index in [0.29, 0.717) is 5.92 Å². The smallest absolute Gasteiger partial charge is 0.188 e. The molecule has 1 aliphatic carbocycles. The van der Waals surface area contributed by atoms with Gasteiger partial charge in [-0.05, 0) is 25.7 Å². The highest BCUT2D eigenvalue weighted by atomic mass is 16.5. The van der Waals surface area contributed by atoms with E-state index in [1.165, 1.54) is 37.7 Å². The molecule has 0 unspecified atom stereocenters. The third kappa shape index (κ3) is 3.95. The Balaban J connectivity index is 1.72. The zero-order valence-electron chi connectivity index (χ0n) is 11.2. The van der Waals surface area contributed by atoms with Crippen molar-refractivity contribution in [3.63, 3.8) is 0 Å². The fourth-order valence-corrected chi connectivity index (χ4v) is 2.49. The Hall–Kier alpha value is -1.15. The second-order valence-corrected chi connectivity index (χ2v) is 5.31. The lowest BCUT2D eigenvalue weighted by Gasteiger charge is -2.21. The van der Waals surface area contributed by atoms with Crippen LogP contribution in [-0.4, -0.2) is 19.0 Å². The van der Waals surface area contributed by atoms with Crippen LogP contribution in [0.4, 0.5) is 0 Å². The van der Waals surface area contributed by atoms with Gasteiger partial charge in [-0.3, -0.25) is 4.79 Å². The Morgan fingerprint density at radius 2 is 1.83 bits per heavy atom. The number of benzene rings is 1. The van der Waals surface area contributed by atoms with Crippen molar-refractivity contribution >= 4 is 5.78 Å². The van der Waals surface area contributed by atoms with E-state index in [0.717, 1.165) is 12.2 Å². The van der Waals surface area contributed by atoms with Crippen molar-refractivity contribution in [1.82, 2.24) is 0 Å². The van der Waals surface area contributed by atoms with Crippen LogP contribution in [0.3, 0.4) is 0 Å². The van der Waals surface area contributed by atoms with Crippen LogP contribution in [0.2, 0.25) is 0 Å². The van der Waals surface area contributed by atoms with Gasteiger partial charge >= 0.3 is 0 Å². The molecule has 1 aliphatic rings. The average molecular weight is 246 g/mol. The number of hydrogen-bond donors (Lipinski definition) is 0. The van der Waals surface area contributed by atoms with Crippen LogP contribution >= 0.6 is 0 Å². The number of aryl methyl sites for hydroxylation is 1. The molecule has 1 saturated carbocycles. The summed E-state index contributed by atoms with van der Waals surface area (Å²) in [6.07, 6.45) is 6.52. The fourth-order valence-electron chi connectivity index (χ4n) is 2.49. The van der Waals surface area contributed by atoms with Gasteiger partial charge in [0.15, 0.2) is 5.78 Å². The number of rotatable bonds is 5. The molecule has 0 N–H and O–H groups in total. The zero-order chi connectivity index (χ0) is 12.8. The van der Waals surface area contributed by atoms with E-state index in [2.05, 4.69) is 0 Å². The monoisotopic (exact) mass is 246 g/mol. The van der Waals surface area contributed by atoms with Crippen LogP contribution in [0.1, 0.15) is 48.0 Å². The molecular formula is C16H22O2. The molecule has 0 atom stereocenters. The van der Waals surface area contributed by atoms with Gasteiger partial charge in [0, 0.05) is 5.56 Å². The number of Topliss-reactive ketones (excluding diaryl/α,β-unsaturated/α-hetero) is 1.